The largest absolute Gasteiger partial charge is 0.0730 e. The topological polar surface area (TPSA) is 0 Å². The van der Waals surface area contributed by atoms with Gasteiger partial charge in [0.15, 0.2) is 0 Å². The molecule has 0 saturated heterocycles. The summed E-state index contributed by atoms with van der Waals surface area (Å²) in [5.41, 5.74) is 7.93. The molecule has 1 aliphatic carbocycles. The van der Waals surface area contributed by atoms with Crippen molar-refractivity contribution < 1.29 is 0 Å². The Morgan fingerprint density at radius 3 is 1.77 bits per heavy atom. The number of aryl methyl sites for hydroxylation is 1. The Kier molecular flexibility index (Phi) is 5.08. The summed E-state index contributed by atoms with van der Waals surface area (Å²) in [7, 11) is 0. The Hall–Kier alpha value is -3.38. The smallest absolute Gasteiger partial charge is 0.0670 e. The first kappa shape index (κ1) is 19.6. The highest BCUT2D eigenvalue weighted by atomic mass is 14.4. The summed E-state index contributed by atoms with van der Waals surface area (Å²) in [6, 6.07) is 35.7. The fourth-order valence-electron chi connectivity index (χ4n) is 5.25. The number of fused-ring (bicyclic) bond motifs is 1. The van der Waals surface area contributed by atoms with Crippen molar-refractivity contribution in [1.82, 2.24) is 0 Å². The lowest BCUT2D eigenvalue weighted by atomic mass is 9.62. The summed E-state index contributed by atoms with van der Waals surface area (Å²) >= 11 is 0. The fourth-order valence-corrected chi connectivity index (χ4v) is 5.25. The van der Waals surface area contributed by atoms with Gasteiger partial charge in [0, 0.05) is 0 Å². The van der Waals surface area contributed by atoms with Crippen molar-refractivity contribution in [2.75, 3.05) is 0 Å². The lowest BCUT2D eigenvalue weighted by molar-refractivity contribution is 0.674. The molecule has 0 saturated carbocycles. The molecule has 0 amide bonds. The molecule has 4 aromatic carbocycles. The molecule has 0 aliphatic heterocycles. The van der Waals surface area contributed by atoms with Crippen LogP contribution in [0.4, 0.5) is 0 Å². The van der Waals surface area contributed by atoms with E-state index in [1.165, 1.54) is 44.2 Å². The molecule has 152 valence electrons. The zero-order valence-corrected chi connectivity index (χ0v) is 18.3. The van der Waals surface area contributed by atoms with Crippen molar-refractivity contribution in [2.45, 2.75) is 32.1 Å². The first-order valence-electron chi connectivity index (χ1n) is 11.2. The Morgan fingerprint density at radius 2 is 1.16 bits per heavy atom. The van der Waals surface area contributed by atoms with Crippen LogP contribution in [0.1, 0.15) is 42.0 Å². The summed E-state index contributed by atoms with van der Waals surface area (Å²) in [6.45, 7) is 4.45. The van der Waals surface area contributed by atoms with Gasteiger partial charge in [-0.15, -0.1) is 0 Å². The van der Waals surface area contributed by atoms with Gasteiger partial charge in [0.25, 0.3) is 0 Å². The maximum atomic E-state index is 2.38. The van der Waals surface area contributed by atoms with E-state index in [2.05, 4.69) is 123 Å². The molecular formula is C31H28. The molecule has 0 spiro atoms. The molecule has 0 radical (unpaired) electrons. The van der Waals surface area contributed by atoms with Gasteiger partial charge in [0.05, 0.1) is 5.41 Å². The third-order valence-electron chi connectivity index (χ3n) is 6.80. The maximum Gasteiger partial charge on any atom is 0.0670 e. The molecule has 31 heavy (non-hydrogen) atoms. The predicted molar refractivity (Wildman–Crippen MR) is 133 cm³/mol. The summed E-state index contributed by atoms with van der Waals surface area (Å²) in [4.78, 5) is 0. The quantitative estimate of drug-likeness (QED) is 0.303. The number of hydrogen-bond donors (Lipinski definition) is 0. The van der Waals surface area contributed by atoms with E-state index in [-0.39, 0.29) is 5.41 Å². The monoisotopic (exact) mass is 400 g/mol. The van der Waals surface area contributed by atoms with Crippen LogP contribution in [0.15, 0.2) is 120 Å². The minimum atomic E-state index is -0.326. The van der Waals surface area contributed by atoms with Crippen molar-refractivity contribution in [2.24, 2.45) is 0 Å². The van der Waals surface area contributed by atoms with Crippen LogP contribution in [0.25, 0.3) is 10.8 Å². The molecule has 0 heterocycles. The average molecular weight is 401 g/mol. The van der Waals surface area contributed by atoms with E-state index in [1.54, 1.807) is 0 Å². The lowest BCUT2D eigenvalue weighted by Crippen LogP contribution is -2.33. The summed E-state index contributed by atoms with van der Waals surface area (Å²) in [5, 5.41) is 2.67. The molecular weight excluding hydrogens is 372 g/mol. The van der Waals surface area contributed by atoms with Gasteiger partial charge >= 0.3 is 0 Å². The SMILES string of the molecule is CC1=CC=C(C(c2ccccc2)(c2ccccc2)c2cccc3c(C)cccc23)CC1. The fraction of sp³-hybridized carbons (Fsp3) is 0.161. The van der Waals surface area contributed by atoms with Crippen LogP contribution in [-0.2, 0) is 5.41 Å². The van der Waals surface area contributed by atoms with Crippen molar-refractivity contribution in [3.63, 3.8) is 0 Å². The normalized spacial score (nSPS) is 14.3. The van der Waals surface area contributed by atoms with Crippen LogP contribution < -0.4 is 0 Å². The highest BCUT2D eigenvalue weighted by Crippen LogP contribution is 2.50. The number of rotatable bonds is 4. The van der Waals surface area contributed by atoms with Gasteiger partial charge in [-0.1, -0.05) is 120 Å². The second-order valence-corrected chi connectivity index (χ2v) is 8.66. The molecule has 0 N–H and O–H groups in total. The van der Waals surface area contributed by atoms with E-state index < -0.39 is 0 Å². The number of benzene rings is 4. The molecule has 0 heteroatoms. The van der Waals surface area contributed by atoms with E-state index >= 15 is 0 Å². The summed E-state index contributed by atoms with van der Waals surface area (Å²) in [6.07, 6.45) is 6.87. The van der Waals surface area contributed by atoms with E-state index in [0.717, 1.165) is 12.8 Å². The maximum absolute atomic E-state index is 2.38. The Balaban J connectivity index is 1.96. The molecule has 5 rings (SSSR count). The zero-order chi connectivity index (χ0) is 21.3. The van der Waals surface area contributed by atoms with Gasteiger partial charge in [-0.05, 0) is 59.7 Å². The standard InChI is InChI=1S/C31H28/c1-23-19-21-27(22-20-23)31(25-12-5-3-6-13-25,26-14-7-4-8-15-26)30-18-10-16-28-24(2)11-9-17-29(28)30/h3-19,21H,20,22H2,1-2H3. The van der Waals surface area contributed by atoms with E-state index in [1.807, 2.05) is 0 Å². The third-order valence-corrected chi connectivity index (χ3v) is 6.80. The molecule has 0 aromatic heterocycles. The Morgan fingerprint density at radius 1 is 0.548 bits per heavy atom. The van der Waals surface area contributed by atoms with Crippen LogP contribution in [-0.4, -0.2) is 0 Å². The van der Waals surface area contributed by atoms with Gasteiger partial charge in [-0.2, -0.15) is 0 Å². The molecule has 0 atom stereocenters. The van der Waals surface area contributed by atoms with Crippen molar-refractivity contribution in [3.05, 3.63) is 143 Å². The van der Waals surface area contributed by atoms with Crippen LogP contribution in [0.2, 0.25) is 0 Å². The Labute approximate surface area is 185 Å². The molecule has 0 unspecified atom stereocenters. The minimum absolute atomic E-state index is 0.326. The minimum Gasteiger partial charge on any atom is -0.0730 e. The number of allylic oxidation sites excluding steroid dienone is 4. The molecule has 4 aromatic rings. The second kappa shape index (κ2) is 8.04. The summed E-state index contributed by atoms with van der Waals surface area (Å²) in [5.74, 6) is 0. The van der Waals surface area contributed by atoms with Gasteiger partial charge in [-0.3, -0.25) is 0 Å². The second-order valence-electron chi connectivity index (χ2n) is 8.66. The van der Waals surface area contributed by atoms with Gasteiger partial charge < -0.3 is 0 Å². The summed E-state index contributed by atoms with van der Waals surface area (Å²) < 4.78 is 0. The van der Waals surface area contributed by atoms with Crippen molar-refractivity contribution in [1.29, 1.82) is 0 Å². The van der Waals surface area contributed by atoms with E-state index in [9.17, 15) is 0 Å². The first-order chi connectivity index (χ1) is 15.2. The van der Waals surface area contributed by atoms with Crippen LogP contribution in [0.3, 0.4) is 0 Å². The zero-order valence-electron chi connectivity index (χ0n) is 18.3. The van der Waals surface area contributed by atoms with Gasteiger partial charge in [0.2, 0.25) is 0 Å². The van der Waals surface area contributed by atoms with E-state index in [4.69, 9.17) is 0 Å². The van der Waals surface area contributed by atoms with Gasteiger partial charge in [-0.25, -0.2) is 0 Å². The molecule has 1 aliphatic rings. The number of hydrogen-bond acceptors (Lipinski definition) is 0. The van der Waals surface area contributed by atoms with Crippen LogP contribution >= 0.6 is 0 Å². The Bertz CT molecular complexity index is 1230. The first-order valence-corrected chi connectivity index (χ1v) is 11.2. The average Bonchev–Trinajstić information content (AvgIpc) is 2.83. The predicted octanol–water partition coefficient (Wildman–Crippen LogP) is 8.15. The molecule has 0 fully saturated rings. The van der Waals surface area contributed by atoms with Crippen molar-refractivity contribution in [3.8, 4) is 0 Å². The highest BCUT2D eigenvalue weighted by Gasteiger charge is 2.41. The molecule has 0 nitrogen and oxygen atoms in total. The van der Waals surface area contributed by atoms with Crippen LogP contribution in [0.5, 0.6) is 0 Å². The van der Waals surface area contributed by atoms with Crippen molar-refractivity contribution >= 4 is 10.8 Å². The van der Waals surface area contributed by atoms with E-state index in [0.29, 0.717) is 0 Å². The van der Waals surface area contributed by atoms with Crippen LogP contribution in [0, 0.1) is 6.92 Å². The lowest BCUT2D eigenvalue weighted by Gasteiger charge is -2.40. The highest BCUT2D eigenvalue weighted by molar-refractivity contribution is 5.91. The molecule has 0 bridgehead atoms. The van der Waals surface area contributed by atoms with Gasteiger partial charge in [0.1, 0.15) is 0 Å². The third kappa shape index (κ3) is 3.24.